The summed E-state index contributed by atoms with van der Waals surface area (Å²) in [7, 11) is 0. The molecule has 25 heavy (non-hydrogen) atoms. The number of para-hydroxylation sites is 2. The smallest absolute Gasteiger partial charge is 0.0952 e. The number of hydrogen-bond acceptors (Lipinski definition) is 2. The Labute approximate surface area is 148 Å². The van der Waals surface area contributed by atoms with Gasteiger partial charge in [-0.05, 0) is 37.3 Å². The lowest BCUT2D eigenvalue weighted by Crippen LogP contribution is -2.24. The van der Waals surface area contributed by atoms with Crippen molar-refractivity contribution in [3.63, 3.8) is 0 Å². The van der Waals surface area contributed by atoms with Crippen molar-refractivity contribution in [2.75, 3.05) is 13.2 Å². The molecule has 0 saturated heterocycles. The van der Waals surface area contributed by atoms with Crippen molar-refractivity contribution in [3.05, 3.63) is 60.7 Å². The van der Waals surface area contributed by atoms with Crippen molar-refractivity contribution >= 4 is 21.8 Å². The first-order chi connectivity index (χ1) is 12.3. The van der Waals surface area contributed by atoms with Crippen LogP contribution in [-0.2, 0) is 11.3 Å². The van der Waals surface area contributed by atoms with Gasteiger partial charge in [-0.3, -0.25) is 0 Å². The number of ether oxygens (including phenoxy) is 1. The minimum atomic E-state index is -0.502. The highest BCUT2D eigenvalue weighted by atomic mass is 16.5. The number of hydrogen-bond donors (Lipinski definition) is 1. The molecular formula is C22H25NO2. The van der Waals surface area contributed by atoms with E-state index in [0.29, 0.717) is 19.1 Å². The minimum Gasteiger partial charge on any atom is -0.389 e. The number of nitrogens with zero attached hydrogens (tertiary/aromatic N) is 1. The van der Waals surface area contributed by atoms with E-state index < -0.39 is 6.10 Å². The molecule has 1 N–H and O–H groups in total. The monoisotopic (exact) mass is 335 g/mol. The Balaban J connectivity index is 1.46. The van der Waals surface area contributed by atoms with E-state index in [-0.39, 0.29) is 0 Å². The van der Waals surface area contributed by atoms with Crippen LogP contribution in [0.5, 0.6) is 0 Å². The van der Waals surface area contributed by atoms with Crippen LogP contribution in [0.4, 0.5) is 0 Å². The lowest BCUT2D eigenvalue weighted by molar-refractivity contribution is 0.0136. The summed E-state index contributed by atoms with van der Waals surface area (Å²) in [6.45, 7) is 1.69. The van der Waals surface area contributed by atoms with E-state index in [4.69, 9.17) is 4.74 Å². The molecule has 2 aromatic carbocycles. The number of aromatic nitrogens is 1. The first kappa shape index (κ1) is 16.4. The number of benzene rings is 2. The Kier molecular flexibility index (Phi) is 4.86. The van der Waals surface area contributed by atoms with Gasteiger partial charge in [0.15, 0.2) is 0 Å². The Morgan fingerprint density at radius 2 is 1.68 bits per heavy atom. The highest BCUT2D eigenvalue weighted by Gasteiger charge is 2.15. The Morgan fingerprint density at radius 1 is 1.00 bits per heavy atom. The summed E-state index contributed by atoms with van der Waals surface area (Å²) in [6.07, 6.45) is 7.43. The van der Waals surface area contributed by atoms with E-state index in [2.05, 4.69) is 65.3 Å². The summed E-state index contributed by atoms with van der Waals surface area (Å²) < 4.78 is 8.02. The van der Waals surface area contributed by atoms with Gasteiger partial charge in [0, 0.05) is 28.4 Å². The molecule has 3 heteroatoms. The first-order valence-electron chi connectivity index (χ1n) is 9.19. The molecule has 1 aliphatic carbocycles. The number of allylic oxidation sites excluding steroid dienone is 2. The fourth-order valence-electron chi connectivity index (χ4n) is 3.84. The molecule has 1 heterocycles. The van der Waals surface area contributed by atoms with Crippen molar-refractivity contribution in [1.29, 1.82) is 0 Å². The quantitative estimate of drug-likeness (QED) is 0.672. The fraction of sp³-hybridized carbons (Fsp3) is 0.364. The van der Waals surface area contributed by atoms with Crippen molar-refractivity contribution in [1.82, 2.24) is 4.57 Å². The predicted molar refractivity (Wildman–Crippen MR) is 103 cm³/mol. The zero-order chi connectivity index (χ0) is 17.1. The number of aliphatic hydroxyl groups is 1. The van der Waals surface area contributed by atoms with Gasteiger partial charge in [0.05, 0.1) is 19.3 Å². The Bertz CT molecular complexity index is 827. The zero-order valence-electron chi connectivity index (χ0n) is 14.5. The summed E-state index contributed by atoms with van der Waals surface area (Å²) in [5.74, 6) is 0.602. The van der Waals surface area contributed by atoms with Gasteiger partial charge in [0.25, 0.3) is 0 Å². The highest BCUT2D eigenvalue weighted by molar-refractivity contribution is 6.07. The van der Waals surface area contributed by atoms with Crippen LogP contribution >= 0.6 is 0 Å². The third-order valence-electron chi connectivity index (χ3n) is 5.11. The van der Waals surface area contributed by atoms with Crippen molar-refractivity contribution in [3.8, 4) is 0 Å². The third-order valence-corrected chi connectivity index (χ3v) is 5.11. The van der Waals surface area contributed by atoms with Gasteiger partial charge in [0.2, 0.25) is 0 Å². The molecule has 0 radical (unpaired) electrons. The maximum atomic E-state index is 10.5. The molecule has 0 aliphatic heterocycles. The number of fused-ring (bicyclic) bond motifs is 3. The maximum absolute atomic E-state index is 10.5. The van der Waals surface area contributed by atoms with Gasteiger partial charge in [0.1, 0.15) is 0 Å². The van der Waals surface area contributed by atoms with Gasteiger partial charge < -0.3 is 14.4 Å². The zero-order valence-corrected chi connectivity index (χ0v) is 14.5. The molecule has 4 rings (SSSR count). The van der Waals surface area contributed by atoms with Crippen LogP contribution in [0.1, 0.15) is 19.3 Å². The van der Waals surface area contributed by atoms with Crippen LogP contribution in [0.25, 0.3) is 21.8 Å². The summed E-state index contributed by atoms with van der Waals surface area (Å²) in [6, 6.07) is 16.8. The normalized spacial score (nSPS) is 18.8. The Morgan fingerprint density at radius 3 is 2.32 bits per heavy atom. The van der Waals surface area contributed by atoms with Crippen LogP contribution in [0.15, 0.2) is 60.7 Å². The van der Waals surface area contributed by atoms with Gasteiger partial charge in [-0.25, -0.2) is 0 Å². The van der Waals surface area contributed by atoms with E-state index in [0.717, 1.165) is 19.4 Å². The maximum Gasteiger partial charge on any atom is 0.0952 e. The first-order valence-corrected chi connectivity index (χ1v) is 9.19. The molecule has 0 bridgehead atoms. The van der Waals surface area contributed by atoms with Crippen molar-refractivity contribution < 1.29 is 9.84 Å². The van der Waals surface area contributed by atoms with Gasteiger partial charge in [-0.15, -0.1) is 0 Å². The molecule has 0 fully saturated rings. The van der Waals surface area contributed by atoms with Crippen LogP contribution in [0.2, 0.25) is 0 Å². The third kappa shape index (κ3) is 3.48. The molecule has 1 aromatic heterocycles. The second kappa shape index (κ2) is 7.42. The summed E-state index contributed by atoms with van der Waals surface area (Å²) in [5.41, 5.74) is 2.33. The number of aliphatic hydroxyl groups excluding tert-OH is 1. The predicted octanol–water partition coefficient (Wildman–Crippen LogP) is 4.53. The fourth-order valence-corrected chi connectivity index (χ4v) is 3.84. The van der Waals surface area contributed by atoms with Crippen molar-refractivity contribution in [2.24, 2.45) is 5.92 Å². The standard InChI is InChI=1S/C22H25NO2/c24-18(16-25-15-17-8-2-1-3-9-17)14-23-21-12-6-4-10-19(21)20-11-5-7-13-22(20)23/h1-2,4-7,10-13,17-18,24H,3,8-9,14-16H2/t17-,18+/m1/s1. The molecule has 0 saturated carbocycles. The van der Waals surface area contributed by atoms with E-state index in [1.165, 1.54) is 28.2 Å². The van der Waals surface area contributed by atoms with Crippen LogP contribution in [0.3, 0.4) is 0 Å². The molecule has 0 unspecified atom stereocenters. The number of rotatable bonds is 6. The van der Waals surface area contributed by atoms with Crippen LogP contribution in [0, 0.1) is 5.92 Å². The minimum absolute atomic E-state index is 0.390. The molecule has 3 aromatic rings. The Hall–Kier alpha value is -2.10. The molecular weight excluding hydrogens is 310 g/mol. The largest absolute Gasteiger partial charge is 0.389 e. The topological polar surface area (TPSA) is 34.4 Å². The van der Waals surface area contributed by atoms with E-state index in [1.807, 2.05) is 0 Å². The molecule has 3 nitrogen and oxygen atoms in total. The molecule has 2 atom stereocenters. The molecule has 1 aliphatic rings. The van der Waals surface area contributed by atoms with E-state index in [9.17, 15) is 5.11 Å². The van der Waals surface area contributed by atoms with E-state index >= 15 is 0 Å². The SMILES string of the molecule is O[C@H](COC[C@@H]1CC=CCC1)Cn1c2ccccc2c2ccccc21. The second-order valence-electron chi connectivity index (χ2n) is 6.99. The van der Waals surface area contributed by atoms with Crippen LogP contribution in [-0.4, -0.2) is 29.0 Å². The van der Waals surface area contributed by atoms with Gasteiger partial charge in [-0.2, -0.15) is 0 Å². The molecule has 130 valence electrons. The molecule has 0 spiro atoms. The summed E-state index contributed by atoms with van der Waals surface area (Å²) in [5, 5.41) is 13.0. The summed E-state index contributed by atoms with van der Waals surface area (Å²) in [4.78, 5) is 0. The lowest BCUT2D eigenvalue weighted by Gasteiger charge is -2.19. The van der Waals surface area contributed by atoms with Gasteiger partial charge >= 0.3 is 0 Å². The van der Waals surface area contributed by atoms with Gasteiger partial charge in [-0.1, -0.05) is 48.6 Å². The van der Waals surface area contributed by atoms with Crippen LogP contribution < -0.4 is 0 Å². The highest BCUT2D eigenvalue weighted by Crippen LogP contribution is 2.28. The lowest BCUT2D eigenvalue weighted by atomic mass is 9.95. The summed E-state index contributed by atoms with van der Waals surface area (Å²) >= 11 is 0. The average molecular weight is 335 g/mol. The van der Waals surface area contributed by atoms with E-state index in [1.54, 1.807) is 0 Å². The second-order valence-corrected chi connectivity index (χ2v) is 6.99. The molecule has 0 amide bonds. The average Bonchev–Trinajstić information content (AvgIpc) is 2.97. The van der Waals surface area contributed by atoms with Crippen molar-refractivity contribution in [2.45, 2.75) is 31.9 Å².